The highest BCUT2D eigenvalue weighted by Crippen LogP contribution is 2.28. The molecule has 0 atom stereocenters. The van der Waals surface area contributed by atoms with E-state index in [1.165, 1.54) is 25.3 Å². The van der Waals surface area contributed by atoms with E-state index in [1.807, 2.05) is 4.98 Å². The Hall–Kier alpha value is -2.75. The summed E-state index contributed by atoms with van der Waals surface area (Å²) in [4.78, 5) is 25.7. The van der Waals surface area contributed by atoms with Crippen molar-refractivity contribution in [2.45, 2.75) is 4.90 Å². The molecule has 10 heteroatoms. The Kier molecular flexibility index (Phi) is 3.72. The normalized spacial score (nSPS) is 11.1. The van der Waals surface area contributed by atoms with E-state index >= 15 is 0 Å². The van der Waals surface area contributed by atoms with Gasteiger partial charge in [0.1, 0.15) is 5.75 Å². The number of nitrogen functional groups attached to an aromatic ring is 1. The van der Waals surface area contributed by atoms with Crippen molar-refractivity contribution in [1.82, 2.24) is 9.97 Å². The van der Waals surface area contributed by atoms with Crippen molar-refractivity contribution in [2.24, 2.45) is 0 Å². The second-order valence-corrected chi connectivity index (χ2v) is 5.65. The van der Waals surface area contributed by atoms with Crippen molar-refractivity contribution in [1.29, 1.82) is 0 Å². The van der Waals surface area contributed by atoms with Gasteiger partial charge < -0.3 is 15.5 Å². The number of nitrogens with one attached hydrogen (secondary N) is 3. The van der Waals surface area contributed by atoms with Gasteiger partial charge in [-0.3, -0.25) is 14.5 Å². The molecule has 0 aliphatic carbocycles. The van der Waals surface area contributed by atoms with Crippen molar-refractivity contribution in [3.63, 3.8) is 0 Å². The molecule has 1 heterocycles. The molecule has 0 bridgehead atoms. The van der Waals surface area contributed by atoms with Crippen LogP contribution in [0.2, 0.25) is 0 Å². The number of hydrogen-bond donors (Lipinski definition) is 4. The number of nitrogens with two attached hydrogens (primary N) is 1. The number of methoxy groups -OCH3 is 1. The first kappa shape index (κ1) is 14.7. The molecule has 9 nitrogen and oxygen atoms in total. The molecule has 0 radical (unpaired) electrons. The minimum absolute atomic E-state index is 0.0723. The largest absolute Gasteiger partial charge is 0.495 e. The second-order valence-electron chi connectivity index (χ2n) is 4.00. The molecule has 2 rings (SSSR count). The van der Waals surface area contributed by atoms with Gasteiger partial charge in [0.25, 0.3) is 15.6 Å². The molecule has 0 amide bonds. The number of anilines is 2. The fourth-order valence-corrected chi connectivity index (χ4v) is 2.67. The highest BCUT2D eigenvalue weighted by Gasteiger charge is 2.20. The molecule has 0 saturated heterocycles. The Morgan fingerprint density at radius 1 is 1.29 bits per heavy atom. The third kappa shape index (κ3) is 3.05. The summed E-state index contributed by atoms with van der Waals surface area (Å²) in [5, 5.41) is 0. The van der Waals surface area contributed by atoms with Crippen molar-refractivity contribution in [2.75, 3.05) is 17.6 Å². The average molecular weight is 312 g/mol. The molecule has 112 valence electrons. The zero-order valence-electron chi connectivity index (χ0n) is 10.8. The first-order chi connectivity index (χ1) is 9.83. The predicted molar refractivity (Wildman–Crippen MR) is 75.9 cm³/mol. The van der Waals surface area contributed by atoms with Crippen LogP contribution in [-0.4, -0.2) is 25.5 Å². The van der Waals surface area contributed by atoms with Crippen LogP contribution < -0.4 is 26.4 Å². The summed E-state index contributed by atoms with van der Waals surface area (Å²) in [7, 11) is -2.85. The minimum Gasteiger partial charge on any atom is -0.495 e. The molecular weight excluding hydrogens is 300 g/mol. The lowest BCUT2D eigenvalue weighted by Crippen LogP contribution is -2.29. The molecule has 0 saturated carbocycles. The molecule has 0 aliphatic rings. The van der Waals surface area contributed by atoms with Crippen LogP contribution in [0, 0.1) is 0 Å². The third-order valence-corrected chi connectivity index (χ3v) is 3.91. The van der Waals surface area contributed by atoms with E-state index in [4.69, 9.17) is 10.5 Å². The maximum absolute atomic E-state index is 12.2. The third-order valence-electron chi connectivity index (χ3n) is 2.54. The van der Waals surface area contributed by atoms with E-state index in [2.05, 4.69) is 9.71 Å². The van der Waals surface area contributed by atoms with E-state index < -0.39 is 26.2 Å². The zero-order valence-corrected chi connectivity index (χ0v) is 11.7. The Bertz CT molecular complexity index is 884. The Labute approximate surface area is 118 Å². The van der Waals surface area contributed by atoms with Crippen molar-refractivity contribution < 1.29 is 13.2 Å². The number of rotatable bonds is 4. The van der Waals surface area contributed by atoms with Gasteiger partial charge in [0, 0.05) is 11.9 Å². The molecule has 1 aromatic carbocycles. The molecule has 0 fully saturated rings. The molecule has 0 spiro atoms. The van der Waals surface area contributed by atoms with Gasteiger partial charge >= 0.3 is 5.69 Å². The van der Waals surface area contributed by atoms with Gasteiger partial charge in [0.15, 0.2) is 4.90 Å². The van der Waals surface area contributed by atoms with Gasteiger partial charge in [-0.15, -0.1) is 0 Å². The highest BCUT2D eigenvalue weighted by molar-refractivity contribution is 7.92. The number of sulfonamides is 1. The standard InChI is InChI=1S/C11H12N4O5S/c1-20-8-3-2-6(12)4-7(8)15-21(18,19)9-5-13-11(17)14-10(9)16/h2-5,15H,12H2,1H3,(H2,13,14,16,17). The van der Waals surface area contributed by atoms with E-state index in [9.17, 15) is 18.0 Å². The first-order valence-corrected chi connectivity index (χ1v) is 7.10. The molecule has 0 unspecified atom stereocenters. The summed E-state index contributed by atoms with van der Waals surface area (Å²) in [5.74, 6) is 0.230. The number of aromatic nitrogens is 2. The van der Waals surface area contributed by atoms with Crippen LogP contribution in [0.1, 0.15) is 0 Å². The number of benzene rings is 1. The highest BCUT2D eigenvalue weighted by atomic mass is 32.2. The second kappa shape index (κ2) is 5.32. The number of hydrogen-bond acceptors (Lipinski definition) is 6. The molecule has 21 heavy (non-hydrogen) atoms. The minimum atomic E-state index is -4.21. The van der Waals surface area contributed by atoms with Gasteiger partial charge in [-0.05, 0) is 18.2 Å². The van der Waals surface area contributed by atoms with E-state index in [0.29, 0.717) is 5.69 Å². The Balaban J connectivity index is 2.49. The lowest BCUT2D eigenvalue weighted by Gasteiger charge is -2.11. The van der Waals surface area contributed by atoms with Crippen LogP contribution in [0.4, 0.5) is 11.4 Å². The van der Waals surface area contributed by atoms with Crippen LogP contribution >= 0.6 is 0 Å². The Morgan fingerprint density at radius 3 is 2.62 bits per heavy atom. The fourth-order valence-electron chi connectivity index (χ4n) is 1.60. The van der Waals surface area contributed by atoms with Crippen molar-refractivity contribution in [3.05, 3.63) is 45.2 Å². The number of H-pyrrole nitrogens is 2. The molecule has 0 aliphatic heterocycles. The monoisotopic (exact) mass is 312 g/mol. The Morgan fingerprint density at radius 2 is 2.00 bits per heavy atom. The van der Waals surface area contributed by atoms with Crippen LogP contribution in [0.5, 0.6) is 5.75 Å². The fraction of sp³-hybridized carbons (Fsp3) is 0.0909. The predicted octanol–water partition coefficient (Wildman–Crippen LogP) is -0.545. The average Bonchev–Trinajstić information content (AvgIpc) is 2.37. The zero-order chi connectivity index (χ0) is 15.6. The van der Waals surface area contributed by atoms with Crippen LogP contribution in [0.3, 0.4) is 0 Å². The smallest absolute Gasteiger partial charge is 0.325 e. The van der Waals surface area contributed by atoms with E-state index in [-0.39, 0.29) is 11.4 Å². The van der Waals surface area contributed by atoms with E-state index in [1.54, 1.807) is 0 Å². The van der Waals surface area contributed by atoms with Gasteiger partial charge in [-0.25, -0.2) is 13.2 Å². The van der Waals surface area contributed by atoms with Crippen molar-refractivity contribution in [3.8, 4) is 5.75 Å². The summed E-state index contributed by atoms with van der Waals surface area (Å²) in [6.45, 7) is 0. The van der Waals surface area contributed by atoms with E-state index in [0.717, 1.165) is 6.20 Å². The summed E-state index contributed by atoms with van der Waals surface area (Å²) < 4.78 is 31.5. The number of ether oxygens (including phenoxy) is 1. The summed E-state index contributed by atoms with van der Waals surface area (Å²) >= 11 is 0. The maximum atomic E-state index is 12.2. The summed E-state index contributed by atoms with van der Waals surface area (Å²) in [6, 6.07) is 4.35. The van der Waals surface area contributed by atoms with Crippen LogP contribution in [0.15, 0.2) is 38.9 Å². The van der Waals surface area contributed by atoms with Crippen LogP contribution in [0.25, 0.3) is 0 Å². The SMILES string of the molecule is COc1ccc(N)cc1NS(=O)(=O)c1c[nH]c(=O)[nH]c1=O. The van der Waals surface area contributed by atoms with Crippen molar-refractivity contribution >= 4 is 21.4 Å². The van der Waals surface area contributed by atoms with Crippen LogP contribution in [-0.2, 0) is 10.0 Å². The molecule has 2 aromatic rings. The molecule has 1 aromatic heterocycles. The van der Waals surface area contributed by atoms with Gasteiger partial charge in [0.05, 0.1) is 12.8 Å². The quantitative estimate of drug-likeness (QED) is 0.557. The lowest BCUT2D eigenvalue weighted by atomic mass is 10.2. The van der Waals surface area contributed by atoms with Gasteiger partial charge in [-0.1, -0.05) is 0 Å². The summed E-state index contributed by atoms with van der Waals surface area (Å²) in [5.41, 5.74) is 4.13. The number of aromatic amines is 2. The van der Waals surface area contributed by atoms with Gasteiger partial charge in [-0.2, -0.15) is 0 Å². The summed E-state index contributed by atoms with van der Waals surface area (Å²) in [6.07, 6.45) is 0.808. The maximum Gasteiger partial charge on any atom is 0.325 e. The first-order valence-electron chi connectivity index (χ1n) is 5.62. The van der Waals surface area contributed by atoms with Gasteiger partial charge in [0.2, 0.25) is 0 Å². The molecule has 5 N–H and O–H groups in total. The lowest BCUT2D eigenvalue weighted by molar-refractivity contribution is 0.417. The molecular formula is C11H12N4O5S. The topological polar surface area (TPSA) is 147 Å².